The summed E-state index contributed by atoms with van der Waals surface area (Å²) in [6.45, 7) is 5.46. The van der Waals surface area contributed by atoms with Gasteiger partial charge in [-0.15, -0.1) is 0 Å². The van der Waals surface area contributed by atoms with Crippen molar-refractivity contribution in [3.05, 3.63) is 41.7 Å². The summed E-state index contributed by atoms with van der Waals surface area (Å²) < 4.78 is 31.3. The smallest absolute Gasteiger partial charge is 0.182 e. The number of sulfone groups is 1. The van der Waals surface area contributed by atoms with Crippen molar-refractivity contribution in [2.45, 2.75) is 63.9 Å². The number of carbonyl (C=O) groups is 1. The molecule has 1 heterocycles. The zero-order valence-corrected chi connectivity index (χ0v) is 16.1. The normalized spacial score (nSPS) is 20.6. The van der Waals surface area contributed by atoms with Gasteiger partial charge in [0.1, 0.15) is 11.9 Å². The summed E-state index contributed by atoms with van der Waals surface area (Å²) in [5.41, 5.74) is 0.671. The van der Waals surface area contributed by atoms with E-state index in [4.69, 9.17) is 4.74 Å². The van der Waals surface area contributed by atoms with Crippen LogP contribution in [-0.2, 0) is 19.4 Å². The highest BCUT2D eigenvalue weighted by molar-refractivity contribution is 7.91. The molecule has 0 aromatic heterocycles. The van der Waals surface area contributed by atoms with Crippen molar-refractivity contribution >= 4 is 15.6 Å². The van der Waals surface area contributed by atoms with E-state index in [-0.39, 0.29) is 17.5 Å². The molecule has 1 aromatic rings. The molecule has 5 heteroatoms. The van der Waals surface area contributed by atoms with Crippen LogP contribution in [0, 0.1) is 5.92 Å². The van der Waals surface area contributed by atoms with Crippen molar-refractivity contribution < 1.29 is 17.9 Å². The minimum Gasteiger partial charge on any atom is -0.493 e. The Morgan fingerprint density at radius 2 is 1.80 bits per heavy atom. The van der Waals surface area contributed by atoms with E-state index in [1.807, 2.05) is 0 Å². The highest BCUT2D eigenvalue weighted by Gasteiger charge is 2.39. The predicted molar refractivity (Wildman–Crippen MR) is 99.0 cm³/mol. The minimum atomic E-state index is -3.45. The van der Waals surface area contributed by atoms with Crippen molar-refractivity contribution in [2.75, 3.05) is 5.75 Å². The lowest BCUT2D eigenvalue weighted by atomic mass is 9.88. The zero-order chi connectivity index (χ0) is 18.4. The lowest BCUT2D eigenvalue weighted by Crippen LogP contribution is -2.29. The molecule has 0 saturated heterocycles. The Kier molecular flexibility index (Phi) is 6.82. The second kappa shape index (κ2) is 8.65. The lowest BCUT2D eigenvalue weighted by Gasteiger charge is -2.21. The maximum Gasteiger partial charge on any atom is 0.182 e. The number of ether oxygens (including phenoxy) is 1. The van der Waals surface area contributed by atoms with Gasteiger partial charge in [-0.2, -0.15) is 0 Å². The average molecular weight is 365 g/mol. The molecule has 2 rings (SSSR count). The fourth-order valence-corrected chi connectivity index (χ4v) is 5.04. The quantitative estimate of drug-likeness (QED) is 0.613. The van der Waals surface area contributed by atoms with Gasteiger partial charge in [-0.3, -0.25) is 4.79 Å². The van der Waals surface area contributed by atoms with Crippen molar-refractivity contribution in [3.63, 3.8) is 0 Å². The Bertz CT molecular complexity index is 719. The molecule has 0 spiro atoms. The number of unbranched alkanes of at least 4 members (excludes halogenated alkanes) is 3. The van der Waals surface area contributed by atoms with Gasteiger partial charge in [-0.1, -0.05) is 50.8 Å². The number of carbonyl (C=O) groups excluding carboxylic acids is 1. The molecule has 1 aliphatic heterocycles. The molecule has 2 atom stereocenters. The van der Waals surface area contributed by atoms with Crippen LogP contribution in [0.5, 0.6) is 0 Å². The monoisotopic (exact) mass is 364 g/mol. The summed E-state index contributed by atoms with van der Waals surface area (Å²) in [5.74, 6) is 0.343. The molecule has 0 unspecified atom stereocenters. The van der Waals surface area contributed by atoms with Crippen molar-refractivity contribution in [3.8, 4) is 0 Å². The summed E-state index contributed by atoms with van der Waals surface area (Å²) in [6, 6.07) is 8.44. The number of benzene rings is 1. The second-order valence-corrected chi connectivity index (χ2v) is 8.77. The van der Waals surface area contributed by atoms with E-state index in [0.29, 0.717) is 16.2 Å². The fraction of sp³-hybridized carbons (Fsp3) is 0.550. The van der Waals surface area contributed by atoms with Gasteiger partial charge in [0.15, 0.2) is 15.6 Å². The molecule has 0 amide bonds. The van der Waals surface area contributed by atoms with Crippen LogP contribution in [0.15, 0.2) is 46.6 Å². The van der Waals surface area contributed by atoms with Gasteiger partial charge in [0.25, 0.3) is 0 Å². The summed E-state index contributed by atoms with van der Waals surface area (Å²) in [7, 11) is -3.45. The summed E-state index contributed by atoms with van der Waals surface area (Å²) in [6.07, 6.45) is 4.68. The van der Waals surface area contributed by atoms with Gasteiger partial charge in [-0.25, -0.2) is 8.42 Å². The summed E-state index contributed by atoms with van der Waals surface area (Å²) in [4.78, 5) is 12.4. The molecule has 4 nitrogen and oxygen atoms in total. The first kappa shape index (κ1) is 19.7. The maximum atomic E-state index is 12.7. The number of hydrogen-bond donors (Lipinski definition) is 0. The Morgan fingerprint density at radius 1 is 1.12 bits per heavy atom. The molecule has 0 N–H and O–H groups in total. The van der Waals surface area contributed by atoms with E-state index in [1.54, 1.807) is 37.3 Å². The largest absolute Gasteiger partial charge is 0.493 e. The van der Waals surface area contributed by atoms with Crippen LogP contribution in [0.2, 0.25) is 0 Å². The zero-order valence-electron chi connectivity index (χ0n) is 15.3. The Balaban J connectivity index is 2.16. The molecule has 0 aliphatic carbocycles. The van der Waals surface area contributed by atoms with Gasteiger partial charge in [0, 0.05) is 11.5 Å². The topological polar surface area (TPSA) is 60.4 Å². The third kappa shape index (κ3) is 4.94. The molecule has 0 fully saturated rings. The highest BCUT2D eigenvalue weighted by Crippen LogP contribution is 2.36. The van der Waals surface area contributed by atoms with Crippen LogP contribution in [-0.4, -0.2) is 26.1 Å². The third-order valence-electron chi connectivity index (χ3n) is 4.76. The number of ketones is 1. The van der Waals surface area contributed by atoms with Gasteiger partial charge in [0.2, 0.25) is 0 Å². The van der Waals surface area contributed by atoms with Crippen molar-refractivity contribution in [2.24, 2.45) is 5.92 Å². The van der Waals surface area contributed by atoms with E-state index in [1.165, 1.54) is 6.92 Å². The van der Waals surface area contributed by atoms with Gasteiger partial charge in [0.05, 0.1) is 10.6 Å². The molecule has 138 valence electrons. The summed E-state index contributed by atoms with van der Waals surface area (Å²) >= 11 is 0. The van der Waals surface area contributed by atoms with Crippen LogP contribution in [0.3, 0.4) is 0 Å². The number of hydrogen-bond acceptors (Lipinski definition) is 4. The molecule has 1 aromatic carbocycles. The van der Waals surface area contributed by atoms with Crippen LogP contribution in [0.4, 0.5) is 0 Å². The maximum absolute atomic E-state index is 12.7. The van der Waals surface area contributed by atoms with Gasteiger partial charge >= 0.3 is 0 Å². The van der Waals surface area contributed by atoms with Gasteiger partial charge in [-0.05, 0) is 32.4 Å². The number of Topliss-reactive ketones (excluding diaryl/α,β-unsaturated/α-hetero) is 1. The van der Waals surface area contributed by atoms with Crippen LogP contribution < -0.4 is 0 Å². The Morgan fingerprint density at radius 3 is 2.40 bits per heavy atom. The molecular weight excluding hydrogens is 336 g/mol. The van der Waals surface area contributed by atoms with E-state index >= 15 is 0 Å². The van der Waals surface area contributed by atoms with Crippen LogP contribution in [0.25, 0.3) is 0 Å². The van der Waals surface area contributed by atoms with Gasteiger partial charge < -0.3 is 4.74 Å². The Hall–Kier alpha value is -1.62. The lowest BCUT2D eigenvalue weighted by molar-refractivity contribution is -0.114. The number of rotatable bonds is 9. The predicted octanol–water partition coefficient (Wildman–Crippen LogP) is 4.31. The Labute approximate surface area is 151 Å². The fourth-order valence-electron chi connectivity index (χ4n) is 3.54. The second-order valence-electron chi connectivity index (χ2n) is 6.73. The first-order valence-electron chi connectivity index (χ1n) is 9.03. The molecule has 1 aliphatic rings. The number of allylic oxidation sites excluding steroid dienone is 1. The molecule has 0 bridgehead atoms. The van der Waals surface area contributed by atoms with Crippen molar-refractivity contribution in [1.29, 1.82) is 0 Å². The molecule has 0 saturated carbocycles. The first-order chi connectivity index (χ1) is 11.9. The van der Waals surface area contributed by atoms with E-state index in [0.717, 1.165) is 32.1 Å². The van der Waals surface area contributed by atoms with E-state index < -0.39 is 15.9 Å². The first-order valence-corrected chi connectivity index (χ1v) is 10.7. The van der Waals surface area contributed by atoms with Crippen LogP contribution >= 0.6 is 0 Å². The van der Waals surface area contributed by atoms with E-state index in [2.05, 4.69) is 6.92 Å². The SMILES string of the molecule is CCCCCC[C@@H]1C(C(C)=O)=C(C)O[C@H]1CS(=O)(=O)c1ccccc1. The minimum absolute atomic E-state index is 0.0161. The van der Waals surface area contributed by atoms with Crippen LogP contribution in [0.1, 0.15) is 52.9 Å². The molecular formula is C20H28O4S. The van der Waals surface area contributed by atoms with Crippen molar-refractivity contribution in [1.82, 2.24) is 0 Å². The third-order valence-corrected chi connectivity index (χ3v) is 6.52. The standard InChI is InChI=1S/C20H28O4S/c1-4-5-6-10-13-18-19(24-16(3)20(18)15(2)21)14-25(22,23)17-11-8-7-9-12-17/h7-9,11-12,18-19H,4-6,10,13-14H2,1-3H3/t18-,19-/m0/s1. The molecule has 0 radical (unpaired) electrons. The van der Waals surface area contributed by atoms with E-state index in [9.17, 15) is 13.2 Å². The average Bonchev–Trinajstić information content (AvgIpc) is 2.87. The highest BCUT2D eigenvalue weighted by atomic mass is 32.2. The molecule has 25 heavy (non-hydrogen) atoms. The summed E-state index contributed by atoms with van der Waals surface area (Å²) in [5, 5.41) is 0.